The van der Waals surface area contributed by atoms with Crippen LogP contribution in [-0.4, -0.2) is 43.2 Å². The number of hydrogen-bond donors (Lipinski definition) is 1. The number of aromatic nitrogens is 1. The molecule has 1 heterocycles. The monoisotopic (exact) mass is 475 g/mol. The van der Waals surface area contributed by atoms with Crippen LogP contribution in [-0.2, 0) is 6.42 Å². The highest BCUT2D eigenvalue weighted by Gasteiger charge is 2.11. The van der Waals surface area contributed by atoms with Gasteiger partial charge < -0.3 is 15.0 Å². The van der Waals surface area contributed by atoms with Crippen molar-refractivity contribution in [2.75, 3.05) is 38.6 Å². The molecule has 4 aromatic rings. The van der Waals surface area contributed by atoms with E-state index in [1.54, 1.807) is 7.11 Å². The largest absolute Gasteiger partial charge is 0.497 e. The Morgan fingerprint density at radius 3 is 2.50 bits per heavy atom. The lowest BCUT2D eigenvalue weighted by molar-refractivity contribution is 0.270. The molecule has 4 nitrogen and oxygen atoms in total. The summed E-state index contributed by atoms with van der Waals surface area (Å²) in [6.07, 6.45) is 4.59. The summed E-state index contributed by atoms with van der Waals surface area (Å²) >= 11 is 6.26. The molecule has 178 valence electrons. The van der Waals surface area contributed by atoms with Crippen molar-refractivity contribution in [2.24, 2.45) is 0 Å². The summed E-state index contributed by atoms with van der Waals surface area (Å²) in [4.78, 5) is 7.42. The summed E-state index contributed by atoms with van der Waals surface area (Å²) < 4.78 is 5.48. The van der Waals surface area contributed by atoms with Gasteiger partial charge in [-0.3, -0.25) is 0 Å². The van der Waals surface area contributed by atoms with Crippen LogP contribution in [0.1, 0.15) is 31.7 Å². The van der Waals surface area contributed by atoms with Gasteiger partial charge in [-0.2, -0.15) is 0 Å². The average Bonchev–Trinajstić information content (AvgIpc) is 2.86. The normalized spacial score (nSPS) is 11.4. The minimum absolute atomic E-state index is 0.699. The molecule has 0 spiro atoms. The Bertz CT molecular complexity index is 1210. The van der Waals surface area contributed by atoms with E-state index in [0.29, 0.717) is 5.02 Å². The molecule has 0 saturated carbocycles. The third-order valence-electron chi connectivity index (χ3n) is 6.22. The molecule has 0 atom stereocenters. The highest BCUT2D eigenvalue weighted by atomic mass is 35.5. The van der Waals surface area contributed by atoms with Crippen LogP contribution in [0.15, 0.2) is 66.7 Å². The van der Waals surface area contributed by atoms with Crippen molar-refractivity contribution in [3.8, 4) is 5.75 Å². The van der Waals surface area contributed by atoms with Gasteiger partial charge in [0, 0.05) is 22.3 Å². The maximum absolute atomic E-state index is 6.26. The van der Waals surface area contributed by atoms with Gasteiger partial charge in [0.2, 0.25) is 0 Å². The van der Waals surface area contributed by atoms with Crippen LogP contribution < -0.4 is 10.1 Å². The number of pyridine rings is 1. The maximum Gasteiger partial charge on any atom is 0.119 e. The van der Waals surface area contributed by atoms with Crippen molar-refractivity contribution in [3.63, 3.8) is 0 Å². The first-order chi connectivity index (χ1) is 16.7. The van der Waals surface area contributed by atoms with Crippen molar-refractivity contribution in [2.45, 2.75) is 32.6 Å². The Labute approximate surface area is 207 Å². The Balaban J connectivity index is 1.42. The van der Waals surface area contributed by atoms with Crippen molar-refractivity contribution in [1.29, 1.82) is 0 Å². The Kier molecular flexibility index (Phi) is 8.62. The second-order valence-corrected chi connectivity index (χ2v) is 9.18. The van der Waals surface area contributed by atoms with E-state index in [4.69, 9.17) is 21.3 Å². The van der Waals surface area contributed by atoms with Gasteiger partial charge >= 0.3 is 0 Å². The van der Waals surface area contributed by atoms with Crippen molar-refractivity contribution >= 4 is 39.1 Å². The molecule has 0 aliphatic carbocycles. The molecule has 34 heavy (non-hydrogen) atoms. The third kappa shape index (κ3) is 6.19. The molecular formula is C29H34ClN3O. The number of methoxy groups -OCH3 is 1. The quantitative estimate of drug-likeness (QED) is 0.174. The van der Waals surface area contributed by atoms with Gasteiger partial charge in [-0.15, -0.1) is 0 Å². The van der Waals surface area contributed by atoms with Gasteiger partial charge in [0.05, 0.1) is 23.8 Å². The molecule has 0 aliphatic heterocycles. The molecule has 0 amide bonds. The van der Waals surface area contributed by atoms with Crippen LogP contribution in [0.2, 0.25) is 5.02 Å². The van der Waals surface area contributed by atoms with Crippen LogP contribution in [0.3, 0.4) is 0 Å². The summed E-state index contributed by atoms with van der Waals surface area (Å²) in [5.74, 6) is 0.832. The zero-order valence-electron chi connectivity index (χ0n) is 20.2. The number of anilines is 1. The lowest BCUT2D eigenvalue weighted by Gasteiger charge is -2.22. The topological polar surface area (TPSA) is 37.4 Å². The van der Waals surface area contributed by atoms with Gasteiger partial charge in [0.15, 0.2) is 0 Å². The van der Waals surface area contributed by atoms with Crippen molar-refractivity contribution in [1.82, 2.24) is 9.88 Å². The van der Waals surface area contributed by atoms with E-state index >= 15 is 0 Å². The molecule has 0 radical (unpaired) electrons. The smallest absolute Gasteiger partial charge is 0.119 e. The molecule has 3 aromatic carbocycles. The summed E-state index contributed by atoms with van der Waals surface area (Å²) in [7, 11) is 1.70. The fraction of sp³-hybridized carbons (Fsp3) is 0.345. The van der Waals surface area contributed by atoms with Crippen molar-refractivity contribution in [3.05, 3.63) is 77.3 Å². The second-order valence-electron chi connectivity index (χ2n) is 8.74. The standard InChI is InChI=1S/C29H34ClN3O/c1-3-17-33(18-7-11-22-9-5-4-6-10-22)19-8-16-31-29-25-14-12-23(30)20-28(25)32-27-15-13-24(34-2)21-26(27)29/h4-6,9-10,12-15,20-21H,3,7-8,11,16-19H2,1-2H3,(H,31,32). The molecule has 4 rings (SSSR count). The number of hydrogen-bond acceptors (Lipinski definition) is 4. The molecule has 0 fully saturated rings. The van der Waals surface area contributed by atoms with E-state index < -0.39 is 0 Å². The molecule has 1 aromatic heterocycles. The Morgan fingerprint density at radius 1 is 0.882 bits per heavy atom. The summed E-state index contributed by atoms with van der Waals surface area (Å²) in [5.41, 5.74) is 4.36. The number of aryl methyl sites for hydroxylation is 1. The van der Waals surface area contributed by atoms with Gasteiger partial charge in [-0.25, -0.2) is 4.98 Å². The Morgan fingerprint density at radius 2 is 1.71 bits per heavy atom. The number of benzene rings is 3. The summed E-state index contributed by atoms with van der Waals surface area (Å²) in [6.45, 7) is 6.53. The van der Waals surface area contributed by atoms with E-state index in [1.807, 2.05) is 24.3 Å². The lowest BCUT2D eigenvalue weighted by atomic mass is 10.1. The zero-order chi connectivity index (χ0) is 23.8. The number of nitrogens with zero attached hydrogens (tertiary/aromatic N) is 2. The molecule has 5 heteroatoms. The number of halogens is 1. The molecule has 0 aliphatic rings. The van der Waals surface area contributed by atoms with E-state index in [-0.39, 0.29) is 0 Å². The Hall–Kier alpha value is -2.82. The number of rotatable bonds is 12. The number of fused-ring (bicyclic) bond motifs is 2. The van der Waals surface area contributed by atoms with Gasteiger partial charge in [-0.05, 0) is 87.3 Å². The first-order valence-electron chi connectivity index (χ1n) is 12.2. The van der Waals surface area contributed by atoms with Gasteiger partial charge in [0.1, 0.15) is 5.75 Å². The predicted molar refractivity (Wildman–Crippen MR) is 145 cm³/mol. The first kappa shape index (κ1) is 24.3. The molecule has 0 bridgehead atoms. The molecule has 0 saturated heterocycles. The van der Waals surface area contributed by atoms with Gasteiger partial charge in [-0.1, -0.05) is 48.9 Å². The number of ether oxygens (including phenoxy) is 1. The van der Waals surface area contributed by atoms with E-state index in [1.165, 1.54) is 18.4 Å². The average molecular weight is 476 g/mol. The van der Waals surface area contributed by atoms with E-state index in [0.717, 1.165) is 72.3 Å². The van der Waals surface area contributed by atoms with Crippen LogP contribution in [0, 0.1) is 0 Å². The minimum atomic E-state index is 0.699. The van der Waals surface area contributed by atoms with Gasteiger partial charge in [0.25, 0.3) is 0 Å². The first-order valence-corrected chi connectivity index (χ1v) is 12.6. The minimum Gasteiger partial charge on any atom is -0.497 e. The van der Waals surface area contributed by atoms with Crippen LogP contribution in [0.25, 0.3) is 21.8 Å². The highest BCUT2D eigenvalue weighted by molar-refractivity contribution is 6.31. The molecular weight excluding hydrogens is 442 g/mol. The SMILES string of the molecule is CCCN(CCCNc1c2ccc(Cl)cc2nc2ccc(OC)cc12)CCCc1ccccc1. The molecule has 0 unspecified atom stereocenters. The summed E-state index contributed by atoms with van der Waals surface area (Å²) in [5, 5.41) is 6.57. The van der Waals surface area contributed by atoms with Crippen LogP contribution >= 0.6 is 11.6 Å². The summed E-state index contributed by atoms with van der Waals surface area (Å²) in [6, 6.07) is 22.7. The lowest BCUT2D eigenvalue weighted by Crippen LogP contribution is -2.28. The highest BCUT2D eigenvalue weighted by Crippen LogP contribution is 2.34. The zero-order valence-corrected chi connectivity index (χ0v) is 20.9. The van der Waals surface area contributed by atoms with E-state index in [9.17, 15) is 0 Å². The van der Waals surface area contributed by atoms with Crippen LogP contribution in [0.4, 0.5) is 5.69 Å². The fourth-order valence-corrected chi connectivity index (χ4v) is 4.70. The third-order valence-corrected chi connectivity index (χ3v) is 6.45. The number of nitrogens with one attached hydrogen (secondary N) is 1. The molecule has 1 N–H and O–H groups in total. The van der Waals surface area contributed by atoms with Crippen LogP contribution in [0.5, 0.6) is 5.75 Å². The fourth-order valence-electron chi connectivity index (χ4n) is 4.53. The second kappa shape index (κ2) is 12.0. The van der Waals surface area contributed by atoms with E-state index in [2.05, 4.69) is 59.6 Å². The van der Waals surface area contributed by atoms with Crippen molar-refractivity contribution < 1.29 is 4.74 Å². The predicted octanol–water partition coefficient (Wildman–Crippen LogP) is 7.20. The maximum atomic E-state index is 6.26.